The molecule has 3 aromatic rings. The van der Waals surface area contributed by atoms with Gasteiger partial charge >= 0.3 is 0 Å². The molecule has 4 heteroatoms. The first-order chi connectivity index (χ1) is 11.6. The van der Waals surface area contributed by atoms with Crippen molar-refractivity contribution in [3.63, 3.8) is 0 Å². The number of aromatic nitrogens is 1. The molecule has 0 aliphatic rings. The van der Waals surface area contributed by atoms with Crippen molar-refractivity contribution in [2.45, 2.75) is 20.3 Å². The lowest BCUT2D eigenvalue weighted by Gasteiger charge is -2.11. The molecule has 1 amide bonds. The SMILES string of the molecule is Cc1ccc(C)c(NC(=O)CCNc2cccc3cccnc23)c1. The Morgan fingerprint density at radius 2 is 1.88 bits per heavy atom. The molecule has 24 heavy (non-hydrogen) atoms. The van der Waals surface area contributed by atoms with Gasteiger partial charge in [-0.05, 0) is 43.2 Å². The quantitative estimate of drug-likeness (QED) is 0.737. The number of hydrogen-bond acceptors (Lipinski definition) is 3. The zero-order valence-corrected chi connectivity index (χ0v) is 14.0. The second-order valence-corrected chi connectivity index (χ2v) is 5.92. The van der Waals surface area contributed by atoms with Gasteiger partial charge in [0, 0.05) is 30.2 Å². The second kappa shape index (κ2) is 7.13. The van der Waals surface area contributed by atoms with Gasteiger partial charge in [0.25, 0.3) is 0 Å². The van der Waals surface area contributed by atoms with Gasteiger partial charge in [-0.1, -0.05) is 30.3 Å². The number of nitrogens with zero attached hydrogens (tertiary/aromatic N) is 1. The van der Waals surface area contributed by atoms with E-state index in [0.29, 0.717) is 13.0 Å². The van der Waals surface area contributed by atoms with Gasteiger partial charge in [0.15, 0.2) is 0 Å². The Morgan fingerprint density at radius 3 is 2.75 bits per heavy atom. The number of fused-ring (bicyclic) bond motifs is 1. The summed E-state index contributed by atoms with van der Waals surface area (Å²) in [6.07, 6.45) is 2.18. The van der Waals surface area contributed by atoms with Crippen LogP contribution in [0.25, 0.3) is 10.9 Å². The number of hydrogen-bond donors (Lipinski definition) is 2. The third-order valence-electron chi connectivity index (χ3n) is 3.97. The van der Waals surface area contributed by atoms with Crippen molar-refractivity contribution in [2.24, 2.45) is 0 Å². The zero-order chi connectivity index (χ0) is 16.9. The standard InChI is InChI=1S/C20H21N3O/c1-14-8-9-15(2)18(13-14)23-19(24)10-12-21-17-7-3-5-16-6-4-11-22-20(16)17/h3-9,11,13,21H,10,12H2,1-2H3,(H,23,24). The first kappa shape index (κ1) is 16.0. The smallest absolute Gasteiger partial charge is 0.226 e. The zero-order valence-electron chi connectivity index (χ0n) is 14.0. The van der Waals surface area contributed by atoms with Crippen LogP contribution in [0.4, 0.5) is 11.4 Å². The summed E-state index contributed by atoms with van der Waals surface area (Å²) in [6.45, 7) is 4.58. The molecule has 2 aromatic carbocycles. The molecule has 0 fully saturated rings. The van der Waals surface area contributed by atoms with Crippen LogP contribution in [0, 0.1) is 13.8 Å². The number of pyridine rings is 1. The van der Waals surface area contributed by atoms with E-state index >= 15 is 0 Å². The van der Waals surface area contributed by atoms with Crippen molar-refractivity contribution in [3.8, 4) is 0 Å². The average Bonchev–Trinajstić information content (AvgIpc) is 2.58. The van der Waals surface area contributed by atoms with Crippen molar-refractivity contribution >= 4 is 28.2 Å². The maximum atomic E-state index is 12.2. The van der Waals surface area contributed by atoms with E-state index in [9.17, 15) is 4.79 Å². The van der Waals surface area contributed by atoms with Gasteiger partial charge < -0.3 is 10.6 Å². The van der Waals surface area contributed by atoms with Crippen LogP contribution in [0.15, 0.2) is 54.7 Å². The normalized spacial score (nSPS) is 10.6. The van der Waals surface area contributed by atoms with Crippen LogP contribution in [0.1, 0.15) is 17.5 Å². The lowest BCUT2D eigenvalue weighted by atomic mass is 10.1. The van der Waals surface area contributed by atoms with Crippen LogP contribution >= 0.6 is 0 Å². The number of anilines is 2. The van der Waals surface area contributed by atoms with Gasteiger partial charge in [-0.25, -0.2) is 0 Å². The van der Waals surface area contributed by atoms with Crippen molar-refractivity contribution in [1.82, 2.24) is 4.98 Å². The van der Waals surface area contributed by atoms with Crippen LogP contribution in [0.3, 0.4) is 0 Å². The number of carbonyl (C=O) groups excluding carboxylic acids is 1. The summed E-state index contributed by atoms with van der Waals surface area (Å²) in [5.74, 6) is 0.00407. The Hall–Kier alpha value is -2.88. The van der Waals surface area contributed by atoms with E-state index in [0.717, 1.165) is 33.4 Å². The molecule has 0 saturated heterocycles. The van der Waals surface area contributed by atoms with Crippen LogP contribution in [0.5, 0.6) is 0 Å². The minimum atomic E-state index is 0.00407. The Balaban J connectivity index is 1.59. The average molecular weight is 319 g/mol. The summed E-state index contributed by atoms with van der Waals surface area (Å²) in [6, 6.07) is 16.0. The third-order valence-corrected chi connectivity index (χ3v) is 3.97. The molecule has 1 aromatic heterocycles. The van der Waals surface area contributed by atoms with Crippen LogP contribution in [0.2, 0.25) is 0 Å². The minimum absolute atomic E-state index is 0.00407. The largest absolute Gasteiger partial charge is 0.383 e. The molecule has 0 unspecified atom stereocenters. The number of rotatable bonds is 5. The Bertz CT molecular complexity index is 868. The minimum Gasteiger partial charge on any atom is -0.383 e. The molecular formula is C20H21N3O. The van der Waals surface area contributed by atoms with Gasteiger partial charge in [0.1, 0.15) is 0 Å². The Labute approximate surface area is 141 Å². The van der Waals surface area contributed by atoms with Crippen LogP contribution in [-0.4, -0.2) is 17.4 Å². The van der Waals surface area contributed by atoms with E-state index in [1.807, 2.05) is 62.4 Å². The molecule has 3 rings (SSSR count). The summed E-state index contributed by atoms with van der Waals surface area (Å²) >= 11 is 0. The summed E-state index contributed by atoms with van der Waals surface area (Å²) in [7, 11) is 0. The Kier molecular flexibility index (Phi) is 4.75. The number of amides is 1. The predicted octanol–water partition coefficient (Wildman–Crippen LogP) is 4.29. The molecule has 0 aliphatic heterocycles. The molecule has 0 spiro atoms. The molecular weight excluding hydrogens is 298 g/mol. The fourth-order valence-electron chi connectivity index (χ4n) is 2.64. The molecule has 0 aliphatic carbocycles. The molecule has 1 heterocycles. The van der Waals surface area contributed by atoms with E-state index in [2.05, 4.69) is 15.6 Å². The predicted molar refractivity (Wildman–Crippen MR) is 99.4 cm³/mol. The molecule has 4 nitrogen and oxygen atoms in total. The molecule has 0 saturated carbocycles. The third kappa shape index (κ3) is 3.71. The first-order valence-electron chi connectivity index (χ1n) is 8.08. The van der Waals surface area contributed by atoms with Gasteiger partial charge in [-0.3, -0.25) is 9.78 Å². The summed E-state index contributed by atoms with van der Waals surface area (Å²) in [4.78, 5) is 16.6. The number of benzene rings is 2. The van der Waals surface area contributed by atoms with Crippen LogP contribution < -0.4 is 10.6 Å². The van der Waals surface area contributed by atoms with E-state index < -0.39 is 0 Å². The van der Waals surface area contributed by atoms with Gasteiger partial charge in [-0.2, -0.15) is 0 Å². The molecule has 0 atom stereocenters. The fourth-order valence-corrected chi connectivity index (χ4v) is 2.64. The monoisotopic (exact) mass is 319 g/mol. The van der Waals surface area contributed by atoms with E-state index in [-0.39, 0.29) is 5.91 Å². The molecule has 122 valence electrons. The van der Waals surface area contributed by atoms with Crippen LogP contribution in [-0.2, 0) is 4.79 Å². The Morgan fingerprint density at radius 1 is 1.04 bits per heavy atom. The maximum Gasteiger partial charge on any atom is 0.226 e. The van der Waals surface area contributed by atoms with Crippen molar-refractivity contribution in [1.29, 1.82) is 0 Å². The topological polar surface area (TPSA) is 54.0 Å². The molecule has 0 bridgehead atoms. The van der Waals surface area contributed by atoms with E-state index in [4.69, 9.17) is 0 Å². The second-order valence-electron chi connectivity index (χ2n) is 5.92. The highest BCUT2D eigenvalue weighted by atomic mass is 16.1. The highest BCUT2D eigenvalue weighted by Crippen LogP contribution is 2.20. The van der Waals surface area contributed by atoms with Gasteiger partial charge in [-0.15, -0.1) is 0 Å². The molecule has 2 N–H and O–H groups in total. The number of nitrogens with one attached hydrogen (secondary N) is 2. The summed E-state index contributed by atoms with van der Waals surface area (Å²) in [5, 5.41) is 7.37. The van der Waals surface area contributed by atoms with Crippen molar-refractivity contribution in [2.75, 3.05) is 17.2 Å². The van der Waals surface area contributed by atoms with E-state index in [1.54, 1.807) is 6.20 Å². The van der Waals surface area contributed by atoms with Crippen molar-refractivity contribution in [3.05, 3.63) is 65.9 Å². The highest BCUT2D eigenvalue weighted by molar-refractivity contribution is 5.93. The fraction of sp³-hybridized carbons (Fsp3) is 0.200. The first-order valence-corrected chi connectivity index (χ1v) is 8.08. The van der Waals surface area contributed by atoms with Gasteiger partial charge in [0.2, 0.25) is 5.91 Å². The highest BCUT2D eigenvalue weighted by Gasteiger charge is 2.06. The van der Waals surface area contributed by atoms with E-state index in [1.165, 1.54) is 0 Å². The van der Waals surface area contributed by atoms with Crippen molar-refractivity contribution < 1.29 is 4.79 Å². The number of aryl methyl sites for hydroxylation is 2. The lowest BCUT2D eigenvalue weighted by molar-refractivity contribution is -0.115. The maximum absolute atomic E-state index is 12.2. The number of carbonyl (C=O) groups is 1. The summed E-state index contributed by atoms with van der Waals surface area (Å²) in [5.41, 5.74) is 4.96. The van der Waals surface area contributed by atoms with Gasteiger partial charge in [0.05, 0.1) is 11.2 Å². The summed E-state index contributed by atoms with van der Waals surface area (Å²) < 4.78 is 0. The lowest BCUT2D eigenvalue weighted by Crippen LogP contribution is -2.17. The number of para-hydroxylation sites is 1. The molecule has 0 radical (unpaired) electrons.